The van der Waals surface area contributed by atoms with Crippen LogP contribution in [0.2, 0.25) is 0 Å². The van der Waals surface area contributed by atoms with Crippen molar-refractivity contribution in [3.05, 3.63) is 65.2 Å². The second-order valence-corrected chi connectivity index (χ2v) is 6.23. The molecule has 0 fully saturated rings. The van der Waals surface area contributed by atoms with Crippen molar-refractivity contribution in [1.82, 2.24) is 5.32 Å². The zero-order valence-electron chi connectivity index (χ0n) is 13.0. The molecule has 1 amide bonds. The molecule has 4 nitrogen and oxygen atoms in total. The number of carboxylic acid groups (broad SMARTS) is 1. The SMILES string of the molecule is CC(C)(Cc1ccc(Cc2ccc(N)cc2)cc1)NC(=O)O. The van der Waals surface area contributed by atoms with E-state index in [2.05, 4.69) is 29.6 Å². The highest BCUT2D eigenvalue weighted by atomic mass is 16.4. The van der Waals surface area contributed by atoms with Gasteiger partial charge in [0.2, 0.25) is 0 Å². The first-order valence-electron chi connectivity index (χ1n) is 7.27. The van der Waals surface area contributed by atoms with Gasteiger partial charge in [-0.15, -0.1) is 0 Å². The lowest BCUT2D eigenvalue weighted by molar-refractivity contribution is 0.182. The predicted octanol–water partition coefficient (Wildman–Crippen LogP) is 3.45. The highest BCUT2D eigenvalue weighted by molar-refractivity contribution is 5.65. The second-order valence-electron chi connectivity index (χ2n) is 6.23. The van der Waals surface area contributed by atoms with Crippen LogP contribution in [0.3, 0.4) is 0 Å². The van der Waals surface area contributed by atoms with Crippen LogP contribution in [0.4, 0.5) is 10.5 Å². The van der Waals surface area contributed by atoms with E-state index in [1.165, 1.54) is 11.1 Å². The fraction of sp³-hybridized carbons (Fsp3) is 0.278. The molecule has 0 atom stereocenters. The van der Waals surface area contributed by atoms with Crippen LogP contribution in [0.1, 0.15) is 30.5 Å². The molecular weight excluding hydrogens is 276 g/mol. The topological polar surface area (TPSA) is 75.3 Å². The molecule has 0 aromatic heterocycles. The molecule has 4 heteroatoms. The van der Waals surface area contributed by atoms with Gasteiger partial charge in [0.05, 0.1) is 0 Å². The first-order chi connectivity index (χ1) is 10.3. The Labute approximate surface area is 131 Å². The van der Waals surface area contributed by atoms with Crippen LogP contribution < -0.4 is 11.1 Å². The van der Waals surface area contributed by atoms with Gasteiger partial charge in [0.15, 0.2) is 0 Å². The number of benzene rings is 2. The third-order valence-electron chi connectivity index (χ3n) is 3.50. The van der Waals surface area contributed by atoms with Crippen molar-refractivity contribution in [2.75, 3.05) is 5.73 Å². The average Bonchev–Trinajstić information content (AvgIpc) is 2.42. The number of rotatable bonds is 5. The largest absolute Gasteiger partial charge is 0.465 e. The van der Waals surface area contributed by atoms with Crippen LogP contribution in [0.5, 0.6) is 0 Å². The summed E-state index contributed by atoms with van der Waals surface area (Å²) in [6, 6.07) is 16.2. The molecule has 0 unspecified atom stereocenters. The number of hydrogen-bond acceptors (Lipinski definition) is 2. The number of carbonyl (C=O) groups is 1. The Hall–Kier alpha value is -2.49. The van der Waals surface area contributed by atoms with Gasteiger partial charge in [-0.05, 0) is 55.5 Å². The molecule has 116 valence electrons. The molecule has 2 rings (SSSR count). The summed E-state index contributed by atoms with van der Waals surface area (Å²) in [5, 5.41) is 11.4. The van der Waals surface area contributed by atoms with E-state index in [4.69, 9.17) is 10.8 Å². The van der Waals surface area contributed by atoms with Gasteiger partial charge in [-0.2, -0.15) is 0 Å². The number of nitrogens with two attached hydrogens (primary N) is 1. The third-order valence-corrected chi connectivity index (χ3v) is 3.50. The van der Waals surface area contributed by atoms with Crippen LogP contribution in [0.15, 0.2) is 48.5 Å². The summed E-state index contributed by atoms with van der Waals surface area (Å²) in [6.45, 7) is 3.76. The Morgan fingerprint density at radius 3 is 1.95 bits per heavy atom. The highest BCUT2D eigenvalue weighted by Crippen LogP contribution is 2.16. The lowest BCUT2D eigenvalue weighted by Crippen LogP contribution is -2.44. The van der Waals surface area contributed by atoms with Crippen LogP contribution in [0.25, 0.3) is 0 Å². The Morgan fingerprint density at radius 2 is 1.45 bits per heavy atom. The molecule has 22 heavy (non-hydrogen) atoms. The van der Waals surface area contributed by atoms with Crippen molar-refractivity contribution in [1.29, 1.82) is 0 Å². The maximum atomic E-state index is 10.8. The van der Waals surface area contributed by atoms with Gasteiger partial charge in [-0.25, -0.2) is 4.79 Å². The molecular formula is C18H22N2O2. The number of nitrogen functional groups attached to an aromatic ring is 1. The molecule has 2 aromatic rings. The number of amides is 1. The Balaban J connectivity index is 2.01. The van der Waals surface area contributed by atoms with Crippen LogP contribution in [0, 0.1) is 0 Å². The number of hydrogen-bond donors (Lipinski definition) is 3. The normalized spacial score (nSPS) is 11.2. The van der Waals surface area contributed by atoms with Gasteiger partial charge in [0.25, 0.3) is 0 Å². The molecule has 0 saturated heterocycles. The third kappa shape index (κ3) is 4.81. The van der Waals surface area contributed by atoms with E-state index in [0.717, 1.165) is 17.7 Å². The van der Waals surface area contributed by atoms with Crippen molar-refractivity contribution in [3.8, 4) is 0 Å². The summed E-state index contributed by atoms with van der Waals surface area (Å²) in [5.41, 5.74) is 9.52. The standard InChI is InChI=1S/C18H22N2O2/c1-18(2,20-17(21)22)12-15-5-3-13(4-6-15)11-14-7-9-16(19)10-8-14/h3-10,20H,11-12,19H2,1-2H3,(H,21,22). The van der Waals surface area contributed by atoms with Gasteiger partial charge in [-0.3, -0.25) is 0 Å². The van der Waals surface area contributed by atoms with Crippen LogP contribution >= 0.6 is 0 Å². The lowest BCUT2D eigenvalue weighted by atomic mass is 9.94. The predicted molar refractivity (Wildman–Crippen MR) is 89.0 cm³/mol. The maximum Gasteiger partial charge on any atom is 0.405 e. The van der Waals surface area contributed by atoms with E-state index in [0.29, 0.717) is 6.42 Å². The molecule has 2 aromatic carbocycles. The van der Waals surface area contributed by atoms with Gasteiger partial charge in [0.1, 0.15) is 0 Å². The fourth-order valence-corrected chi connectivity index (χ4v) is 2.49. The summed E-state index contributed by atoms with van der Waals surface area (Å²) in [5.74, 6) is 0. The van der Waals surface area contributed by atoms with Crippen molar-refractivity contribution in [2.45, 2.75) is 32.2 Å². The minimum absolute atomic E-state index is 0.482. The molecule has 0 spiro atoms. The van der Waals surface area contributed by atoms with E-state index in [1.54, 1.807) is 0 Å². The number of nitrogens with one attached hydrogen (secondary N) is 1. The molecule has 0 saturated carbocycles. The second kappa shape index (κ2) is 6.52. The van der Waals surface area contributed by atoms with Crippen molar-refractivity contribution >= 4 is 11.8 Å². The van der Waals surface area contributed by atoms with Crippen molar-refractivity contribution < 1.29 is 9.90 Å². The summed E-state index contributed by atoms with van der Waals surface area (Å²) in [7, 11) is 0. The molecule has 0 aliphatic heterocycles. The van der Waals surface area contributed by atoms with E-state index >= 15 is 0 Å². The zero-order chi connectivity index (χ0) is 16.2. The van der Waals surface area contributed by atoms with Gasteiger partial charge < -0.3 is 16.2 Å². The lowest BCUT2D eigenvalue weighted by Gasteiger charge is -2.24. The molecule has 0 aliphatic rings. The smallest absolute Gasteiger partial charge is 0.405 e. The van der Waals surface area contributed by atoms with Crippen molar-refractivity contribution in [3.63, 3.8) is 0 Å². The highest BCUT2D eigenvalue weighted by Gasteiger charge is 2.20. The minimum Gasteiger partial charge on any atom is -0.465 e. The Morgan fingerprint density at radius 1 is 1.00 bits per heavy atom. The first-order valence-corrected chi connectivity index (χ1v) is 7.27. The first kappa shape index (κ1) is 15.9. The average molecular weight is 298 g/mol. The monoisotopic (exact) mass is 298 g/mol. The fourth-order valence-electron chi connectivity index (χ4n) is 2.49. The summed E-state index contributed by atoms with van der Waals surface area (Å²) in [4.78, 5) is 10.8. The summed E-state index contributed by atoms with van der Waals surface area (Å²) >= 11 is 0. The zero-order valence-corrected chi connectivity index (χ0v) is 13.0. The van der Waals surface area contributed by atoms with Gasteiger partial charge >= 0.3 is 6.09 Å². The molecule has 0 aliphatic carbocycles. The van der Waals surface area contributed by atoms with Gasteiger partial charge in [0, 0.05) is 11.2 Å². The summed E-state index contributed by atoms with van der Waals surface area (Å²) < 4.78 is 0. The van der Waals surface area contributed by atoms with E-state index < -0.39 is 11.6 Å². The molecule has 4 N–H and O–H groups in total. The van der Waals surface area contributed by atoms with Crippen molar-refractivity contribution in [2.24, 2.45) is 0 Å². The Bertz CT molecular complexity index is 631. The molecule has 0 heterocycles. The van der Waals surface area contributed by atoms with E-state index in [9.17, 15) is 4.79 Å². The maximum absolute atomic E-state index is 10.8. The van der Waals surface area contributed by atoms with E-state index in [-0.39, 0.29) is 0 Å². The van der Waals surface area contributed by atoms with Crippen LogP contribution in [-0.4, -0.2) is 16.7 Å². The molecule has 0 bridgehead atoms. The summed E-state index contributed by atoms with van der Waals surface area (Å²) in [6.07, 6.45) is 0.517. The van der Waals surface area contributed by atoms with E-state index in [1.807, 2.05) is 38.1 Å². The minimum atomic E-state index is -0.995. The van der Waals surface area contributed by atoms with Crippen LogP contribution in [-0.2, 0) is 12.8 Å². The van der Waals surface area contributed by atoms with Gasteiger partial charge in [-0.1, -0.05) is 36.4 Å². The molecule has 0 radical (unpaired) electrons. The Kier molecular flexibility index (Phi) is 4.71. The number of anilines is 1. The quantitative estimate of drug-likeness (QED) is 0.740.